The first-order valence-corrected chi connectivity index (χ1v) is 3.97. The zero-order valence-electron chi connectivity index (χ0n) is 7.18. The molecule has 0 saturated carbocycles. The van der Waals surface area contributed by atoms with Gasteiger partial charge >= 0.3 is 0 Å². The topological polar surface area (TPSA) is 64.7 Å². The van der Waals surface area contributed by atoms with Gasteiger partial charge in [-0.15, -0.1) is 0 Å². The number of hydrogen-bond donors (Lipinski definition) is 1. The molecular weight excluding hydrogens is 183 g/mol. The summed E-state index contributed by atoms with van der Waals surface area (Å²) in [4.78, 5) is 11.3. The fraction of sp³-hybridized carbons (Fsp3) is 0. The van der Waals surface area contributed by atoms with E-state index in [1.54, 1.807) is 12.1 Å². The van der Waals surface area contributed by atoms with Crippen LogP contribution in [-0.2, 0) is 0 Å². The first kappa shape index (κ1) is 8.55. The molecule has 0 aromatic carbocycles. The van der Waals surface area contributed by atoms with Crippen molar-refractivity contribution in [2.75, 3.05) is 5.73 Å². The normalized spacial score (nSPS) is 10.1. The van der Waals surface area contributed by atoms with Crippen LogP contribution in [-0.4, -0.2) is 15.0 Å². The Morgan fingerprint density at radius 3 is 2.71 bits per heavy atom. The van der Waals surface area contributed by atoms with Crippen LogP contribution in [0.3, 0.4) is 0 Å². The average Bonchev–Trinajstić information content (AvgIpc) is 2.18. The molecule has 5 heteroatoms. The molecule has 4 nitrogen and oxygen atoms in total. The van der Waals surface area contributed by atoms with Crippen molar-refractivity contribution in [2.45, 2.75) is 0 Å². The van der Waals surface area contributed by atoms with E-state index in [0.29, 0.717) is 5.82 Å². The quantitative estimate of drug-likeness (QED) is 0.687. The van der Waals surface area contributed by atoms with Gasteiger partial charge < -0.3 is 5.73 Å². The van der Waals surface area contributed by atoms with Crippen molar-refractivity contribution in [1.82, 2.24) is 15.0 Å². The van der Waals surface area contributed by atoms with E-state index in [1.165, 1.54) is 18.5 Å². The lowest BCUT2D eigenvalue weighted by atomic mass is 10.2. The van der Waals surface area contributed by atoms with Crippen LogP contribution in [0.1, 0.15) is 0 Å². The third-order valence-corrected chi connectivity index (χ3v) is 1.68. The van der Waals surface area contributed by atoms with Gasteiger partial charge in [0.15, 0.2) is 5.82 Å². The van der Waals surface area contributed by atoms with Crippen molar-refractivity contribution in [3.8, 4) is 11.4 Å². The van der Waals surface area contributed by atoms with Crippen LogP contribution in [0, 0.1) is 5.95 Å². The van der Waals surface area contributed by atoms with Crippen molar-refractivity contribution in [2.24, 2.45) is 0 Å². The van der Waals surface area contributed by atoms with Crippen LogP contribution in [0.5, 0.6) is 0 Å². The van der Waals surface area contributed by atoms with E-state index in [-0.39, 0.29) is 11.4 Å². The number of anilines is 1. The lowest BCUT2D eigenvalue weighted by Gasteiger charge is -2.00. The second-order valence-electron chi connectivity index (χ2n) is 2.65. The number of pyridine rings is 1. The molecule has 0 radical (unpaired) electrons. The molecule has 0 fully saturated rings. The highest BCUT2D eigenvalue weighted by atomic mass is 19.1. The molecule has 0 unspecified atom stereocenters. The summed E-state index contributed by atoms with van der Waals surface area (Å²) < 4.78 is 13.2. The van der Waals surface area contributed by atoms with E-state index in [9.17, 15) is 4.39 Å². The first-order valence-electron chi connectivity index (χ1n) is 3.97. The predicted molar refractivity (Wildman–Crippen MR) is 49.6 cm³/mol. The maximum Gasteiger partial charge on any atom is 0.223 e. The van der Waals surface area contributed by atoms with E-state index >= 15 is 0 Å². The summed E-state index contributed by atoms with van der Waals surface area (Å²) >= 11 is 0. The fourth-order valence-electron chi connectivity index (χ4n) is 1.06. The molecule has 0 bridgehead atoms. The van der Waals surface area contributed by atoms with Crippen LogP contribution in [0.25, 0.3) is 11.4 Å². The molecule has 0 saturated heterocycles. The van der Waals surface area contributed by atoms with Gasteiger partial charge in [-0.2, -0.15) is 4.39 Å². The lowest BCUT2D eigenvalue weighted by Crippen LogP contribution is -1.97. The SMILES string of the molecule is Nc1ccnc(-c2cccnc2F)n1. The maximum absolute atomic E-state index is 13.2. The summed E-state index contributed by atoms with van der Waals surface area (Å²) in [6.45, 7) is 0. The van der Waals surface area contributed by atoms with E-state index in [4.69, 9.17) is 5.73 Å². The lowest BCUT2D eigenvalue weighted by molar-refractivity contribution is 0.586. The van der Waals surface area contributed by atoms with E-state index in [0.717, 1.165) is 0 Å². The summed E-state index contributed by atoms with van der Waals surface area (Å²) in [6.07, 6.45) is 2.84. The van der Waals surface area contributed by atoms with Crippen molar-refractivity contribution < 1.29 is 4.39 Å². The minimum Gasteiger partial charge on any atom is -0.384 e. The molecule has 2 N–H and O–H groups in total. The minimum atomic E-state index is -0.599. The zero-order chi connectivity index (χ0) is 9.97. The first-order chi connectivity index (χ1) is 6.77. The zero-order valence-corrected chi connectivity index (χ0v) is 7.18. The van der Waals surface area contributed by atoms with Gasteiger partial charge in [-0.3, -0.25) is 0 Å². The Labute approximate surface area is 79.7 Å². The second kappa shape index (κ2) is 3.37. The Morgan fingerprint density at radius 2 is 2.00 bits per heavy atom. The molecule has 70 valence electrons. The molecule has 2 aromatic heterocycles. The van der Waals surface area contributed by atoms with E-state index in [1.807, 2.05) is 0 Å². The standard InChI is InChI=1S/C9H7FN4/c10-8-6(2-1-4-12-8)9-13-5-3-7(11)14-9/h1-5H,(H2,11,13,14). The van der Waals surface area contributed by atoms with Crippen molar-refractivity contribution in [3.05, 3.63) is 36.5 Å². The van der Waals surface area contributed by atoms with E-state index < -0.39 is 5.95 Å². The smallest absolute Gasteiger partial charge is 0.223 e. The molecule has 0 spiro atoms. The Bertz CT molecular complexity index is 458. The van der Waals surface area contributed by atoms with Crippen molar-refractivity contribution in [1.29, 1.82) is 0 Å². The maximum atomic E-state index is 13.2. The van der Waals surface area contributed by atoms with Gasteiger partial charge in [-0.25, -0.2) is 15.0 Å². The highest BCUT2D eigenvalue weighted by Gasteiger charge is 2.07. The third-order valence-electron chi connectivity index (χ3n) is 1.68. The summed E-state index contributed by atoms with van der Waals surface area (Å²) in [7, 11) is 0. The van der Waals surface area contributed by atoms with Crippen LogP contribution in [0.2, 0.25) is 0 Å². The molecule has 0 aliphatic carbocycles. The van der Waals surface area contributed by atoms with Crippen LogP contribution < -0.4 is 5.73 Å². The predicted octanol–water partition coefficient (Wildman–Crippen LogP) is 1.26. The van der Waals surface area contributed by atoms with Gasteiger partial charge in [-0.05, 0) is 18.2 Å². The van der Waals surface area contributed by atoms with Gasteiger partial charge in [0.25, 0.3) is 0 Å². The summed E-state index contributed by atoms with van der Waals surface area (Å²) in [5.41, 5.74) is 5.70. The van der Waals surface area contributed by atoms with Gasteiger partial charge in [0.1, 0.15) is 5.82 Å². The molecular formula is C9H7FN4. The molecule has 0 atom stereocenters. The van der Waals surface area contributed by atoms with Gasteiger partial charge in [0.2, 0.25) is 5.95 Å². The molecule has 2 aromatic rings. The second-order valence-corrected chi connectivity index (χ2v) is 2.65. The van der Waals surface area contributed by atoms with Gasteiger partial charge in [0, 0.05) is 12.4 Å². The fourth-order valence-corrected chi connectivity index (χ4v) is 1.06. The minimum absolute atomic E-state index is 0.246. The Morgan fingerprint density at radius 1 is 1.14 bits per heavy atom. The Balaban J connectivity index is 2.55. The number of nitrogens with zero attached hydrogens (tertiary/aromatic N) is 3. The monoisotopic (exact) mass is 190 g/mol. The molecule has 0 aliphatic heterocycles. The van der Waals surface area contributed by atoms with Crippen LogP contribution in [0.15, 0.2) is 30.6 Å². The molecule has 0 amide bonds. The molecule has 2 heterocycles. The number of hydrogen-bond acceptors (Lipinski definition) is 4. The highest BCUT2D eigenvalue weighted by Crippen LogP contribution is 2.16. The highest BCUT2D eigenvalue weighted by molar-refractivity contribution is 5.55. The average molecular weight is 190 g/mol. The van der Waals surface area contributed by atoms with Crippen molar-refractivity contribution >= 4 is 5.82 Å². The largest absolute Gasteiger partial charge is 0.384 e. The Hall–Kier alpha value is -2.04. The van der Waals surface area contributed by atoms with E-state index in [2.05, 4.69) is 15.0 Å². The summed E-state index contributed by atoms with van der Waals surface area (Å²) in [5.74, 6) is -0.0491. The van der Waals surface area contributed by atoms with Crippen LogP contribution >= 0.6 is 0 Å². The molecule has 0 aliphatic rings. The summed E-state index contributed by atoms with van der Waals surface area (Å²) in [5, 5.41) is 0. The van der Waals surface area contributed by atoms with Crippen LogP contribution in [0.4, 0.5) is 10.2 Å². The third kappa shape index (κ3) is 1.52. The molecule has 2 rings (SSSR count). The number of halogens is 1. The number of nitrogen functional groups attached to an aromatic ring is 1. The van der Waals surface area contributed by atoms with Crippen molar-refractivity contribution in [3.63, 3.8) is 0 Å². The molecule has 14 heavy (non-hydrogen) atoms. The van der Waals surface area contributed by atoms with Gasteiger partial charge in [-0.1, -0.05) is 0 Å². The van der Waals surface area contributed by atoms with Gasteiger partial charge in [0.05, 0.1) is 5.56 Å². The Kier molecular flexibility index (Phi) is 2.06. The summed E-state index contributed by atoms with van der Waals surface area (Å²) in [6, 6.07) is 4.71. The number of nitrogens with two attached hydrogens (primary N) is 1. The number of aromatic nitrogens is 3. The number of rotatable bonds is 1.